The summed E-state index contributed by atoms with van der Waals surface area (Å²) in [4.78, 5) is 2.19. The van der Waals surface area contributed by atoms with Crippen molar-refractivity contribution in [1.82, 2.24) is 14.5 Å². The minimum absolute atomic E-state index is 0.263. The molecule has 1 fully saturated rings. The molecule has 1 aliphatic heterocycles. The van der Waals surface area contributed by atoms with Gasteiger partial charge in [-0.25, -0.2) is 12.7 Å². The summed E-state index contributed by atoms with van der Waals surface area (Å²) in [6, 6.07) is 0.938. The van der Waals surface area contributed by atoms with E-state index < -0.39 is 10.0 Å². The highest BCUT2D eigenvalue weighted by atomic mass is 32.2. The zero-order valence-electron chi connectivity index (χ0n) is 12.7. The summed E-state index contributed by atoms with van der Waals surface area (Å²) in [6.45, 7) is 6.25. The summed E-state index contributed by atoms with van der Waals surface area (Å²) < 4.78 is 26.1. The SMILES string of the molecule is CC(C)NCCCS(=O)(=O)N1CCC(N(C)C)CC1. The molecule has 0 spiro atoms. The maximum Gasteiger partial charge on any atom is 0.214 e. The molecule has 1 rings (SSSR count). The quantitative estimate of drug-likeness (QED) is 0.703. The van der Waals surface area contributed by atoms with Crippen molar-refractivity contribution in [3.05, 3.63) is 0 Å². The van der Waals surface area contributed by atoms with Crippen LogP contribution in [0.3, 0.4) is 0 Å². The summed E-state index contributed by atoms with van der Waals surface area (Å²) >= 11 is 0. The van der Waals surface area contributed by atoms with Crippen molar-refractivity contribution in [3.63, 3.8) is 0 Å². The van der Waals surface area contributed by atoms with Gasteiger partial charge in [0.2, 0.25) is 10.0 Å². The molecule has 0 saturated carbocycles. The van der Waals surface area contributed by atoms with E-state index in [0.29, 0.717) is 31.6 Å². The van der Waals surface area contributed by atoms with E-state index in [9.17, 15) is 8.42 Å². The Morgan fingerprint density at radius 1 is 1.26 bits per heavy atom. The van der Waals surface area contributed by atoms with Crippen molar-refractivity contribution in [2.45, 2.75) is 45.2 Å². The van der Waals surface area contributed by atoms with Crippen molar-refractivity contribution in [3.8, 4) is 0 Å². The minimum Gasteiger partial charge on any atom is -0.314 e. The molecule has 0 aliphatic carbocycles. The fourth-order valence-electron chi connectivity index (χ4n) is 2.41. The van der Waals surface area contributed by atoms with Gasteiger partial charge in [-0.1, -0.05) is 13.8 Å². The Hall–Kier alpha value is -0.170. The third-order valence-electron chi connectivity index (χ3n) is 3.68. The van der Waals surface area contributed by atoms with Crippen LogP contribution in [0.25, 0.3) is 0 Å². The first-order valence-electron chi connectivity index (χ1n) is 7.20. The van der Waals surface area contributed by atoms with Gasteiger partial charge in [0.05, 0.1) is 5.75 Å². The zero-order valence-corrected chi connectivity index (χ0v) is 13.5. The molecule has 6 heteroatoms. The Morgan fingerprint density at radius 2 is 1.84 bits per heavy atom. The predicted octanol–water partition coefficient (Wildman–Crippen LogP) is 0.730. The van der Waals surface area contributed by atoms with Crippen LogP contribution in [0.15, 0.2) is 0 Å². The van der Waals surface area contributed by atoms with Crippen LogP contribution in [-0.4, -0.2) is 69.2 Å². The van der Waals surface area contributed by atoms with Crippen molar-refractivity contribution in [2.75, 3.05) is 39.5 Å². The Balaban J connectivity index is 2.34. The largest absolute Gasteiger partial charge is 0.314 e. The Bertz CT molecular complexity index is 347. The lowest BCUT2D eigenvalue weighted by molar-refractivity contribution is 0.196. The van der Waals surface area contributed by atoms with Crippen LogP contribution in [0, 0.1) is 0 Å². The molecule has 1 N–H and O–H groups in total. The molecule has 0 amide bonds. The fourth-order valence-corrected chi connectivity index (χ4v) is 3.95. The highest BCUT2D eigenvalue weighted by molar-refractivity contribution is 7.89. The van der Waals surface area contributed by atoms with E-state index in [0.717, 1.165) is 19.4 Å². The Labute approximate surface area is 118 Å². The number of hydrogen-bond acceptors (Lipinski definition) is 4. The van der Waals surface area contributed by atoms with Gasteiger partial charge in [0, 0.05) is 25.2 Å². The van der Waals surface area contributed by atoms with E-state index >= 15 is 0 Å². The van der Waals surface area contributed by atoms with Gasteiger partial charge in [-0.2, -0.15) is 0 Å². The summed E-state index contributed by atoms with van der Waals surface area (Å²) in [5.74, 6) is 0.263. The minimum atomic E-state index is -3.06. The molecule has 5 nitrogen and oxygen atoms in total. The molecule has 0 aromatic carbocycles. The molecule has 0 aromatic rings. The third-order valence-corrected chi connectivity index (χ3v) is 5.64. The van der Waals surface area contributed by atoms with Crippen molar-refractivity contribution < 1.29 is 8.42 Å². The van der Waals surface area contributed by atoms with Crippen LogP contribution in [0.4, 0.5) is 0 Å². The third kappa shape index (κ3) is 5.77. The van der Waals surface area contributed by atoms with E-state index in [1.807, 2.05) is 0 Å². The Kier molecular flexibility index (Phi) is 6.73. The molecule has 0 bridgehead atoms. The number of sulfonamides is 1. The number of piperidine rings is 1. The van der Waals surface area contributed by atoms with Crippen molar-refractivity contribution >= 4 is 10.0 Å². The number of nitrogens with zero attached hydrogens (tertiary/aromatic N) is 2. The number of rotatable bonds is 7. The number of hydrogen-bond donors (Lipinski definition) is 1. The Morgan fingerprint density at radius 3 is 2.32 bits per heavy atom. The number of nitrogens with one attached hydrogen (secondary N) is 1. The maximum absolute atomic E-state index is 12.2. The van der Waals surface area contributed by atoms with Crippen molar-refractivity contribution in [2.24, 2.45) is 0 Å². The lowest BCUT2D eigenvalue weighted by Gasteiger charge is -2.34. The molecule has 1 heterocycles. The van der Waals surface area contributed by atoms with Gasteiger partial charge < -0.3 is 10.2 Å². The molecular weight excluding hydrogens is 262 g/mol. The fraction of sp³-hybridized carbons (Fsp3) is 1.00. The smallest absolute Gasteiger partial charge is 0.214 e. The van der Waals surface area contributed by atoms with Crippen LogP contribution in [0.2, 0.25) is 0 Å². The van der Waals surface area contributed by atoms with E-state index in [4.69, 9.17) is 0 Å². The topological polar surface area (TPSA) is 52.7 Å². The molecule has 19 heavy (non-hydrogen) atoms. The standard InChI is InChI=1S/C13H29N3O2S/c1-12(2)14-8-5-11-19(17,18)16-9-6-13(7-10-16)15(3)4/h12-14H,5-11H2,1-4H3. The van der Waals surface area contributed by atoms with Crippen LogP contribution in [0.5, 0.6) is 0 Å². The monoisotopic (exact) mass is 291 g/mol. The normalized spacial score (nSPS) is 19.5. The lowest BCUT2D eigenvalue weighted by Crippen LogP contribution is -2.45. The first kappa shape index (κ1) is 16.9. The molecule has 0 aromatic heterocycles. The van der Waals surface area contributed by atoms with E-state index in [-0.39, 0.29) is 5.75 Å². The average Bonchev–Trinajstić information content (AvgIpc) is 2.34. The van der Waals surface area contributed by atoms with Crippen LogP contribution in [-0.2, 0) is 10.0 Å². The van der Waals surface area contributed by atoms with Crippen molar-refractivity contribution in [1.29, 1.82) is 0 Å². The lowest BCUT2D eigenvalue weighted by atomic mass is 10.1. The van der Waals surface area contributed by atoms with Gasteiger partial charge in [0.25, 0.3) is 0 Å². The average molecular weight is 291 g/mol. The van der Waals surface area contributed by atoms with Crippen LogP contribution < -0.4 is 5.32 Å². The predicted molar refractivity (Wildman–Crippen MR) is 79.8 cm³/mol. The van der Waals surface area contributed by atoms with E-state index in [1.54, 1.807) is 4.31 Å². The van der Waals surface area contributed by atoms with E-state index in [1.165, 1.54) is 0 Å². The summed E-state index contributed by atoms with van der Waals surface area (Å²) in [5.41, 5.74) is 0. The maximum atomic E-state index is 12.2. The van der Waals surface area contributed by atoms with Gasteiger partial charge in [-0.3, -0.25) is 0 Å². The molecule has 1 aliphatic rings. The first-order valence-corrected chi connectivity index (χ1v) is 8.81. The summed E-state index contributed by atoms with van der Waals surface area (Å²) in [6.07, 6.45) is 2.57. The van der Waals surface area contributed by atoms with Gasteiger partial charge in [-0.05, 0) is 39.9 Å². The molecule has 0 atom stereocenters. The summed E-state index contributed by atoms with van der Waals surface area (Å²) in [5, 5.41) is 3.25. The van der Waals surface area contributed by atoms with Gasteiger partial charge in [-0.15, -0.1) is 0 Å². The van der Waals surface area contributed by atoms with Gasteiger partial charge in [0.15, 0.2) is 0 Å². The highest BCUT2D eigenvalue weighted by Gasteiger charge is 2.28. The molecule has 0 radical (unpaired) electrons. The van der Waals surface area contributed by atoms with Crippen LogP contribution >= 0.6 is 0 Å². The zero-order chi connectivity index (χ0) is 14.5. The molecule has 1 saturated heterocycles. The molecule has 114 valence electrons. The second-order valence-electron chi connectivity index (χ2n) is 5.87. The summed E-state index contributed by atoms with van der Waals surface area (Å²) in [7, 11) is 1.07. The van der Waals surface area contributed by atoms with Crippen LogP contribution in [0.1, 0.15) is 33.1 Å². The molecular formula is C13H29N3O2S. The van der Waals surface area contributed by atoms with Gasteiger partial charge >= 0.3 is 0 Å². The first-order chi connectivity index (χ1) is 8.83. The van der Waals surface area contributed by atoms with Gasteiger partial charge in [0.1, 0.15) is 0 Å². The second-order valence-corrected chi connectivity index (χ2v) is 7.96. The second kappa shape index (κ2) is 7.57. The molecule has 0 unspecified atom stereocenters. The highest BCUT2D eigenvalue weighted by Crippen LogP contribution is 2.17. The van der Waals surface area contributed by atoms with E-state index in [2.05, 4.69) is 38.2 Å².